The van der Waals surface area contributed by atoms with E-state index in [1.165, 1.54) is 0 Å². The summed E-state index contributed by atoms with van der Waals surface area (Å²) in [5.41, 5.74) is 0. The van der Waals surface area contributed by atoms with E-state index in [1.807, 2.05) is 24.3 Å². The van der Waals surface area contributed by atoms with E-state index >= 15 is 0 Å². The Hall–Kier alpha value is -0.820. The second-order valence-electron chi connectivity index (χ2n) is 3.43. The average molecular weight is 344 g/mol. The van der Waals surface area contributed by atoms with Gasteiger partial charge in [-0.3, -0.25) is 0 Å². The third-order valence-electron chi connectivity index (χ3n) is 2.15. The van der Waals surface area contributed by atoms with Crippen LogP contribution in [-0.4, -0.2) is 8.42 Å². The Morgan fingerprint density at radius 2 is 1.56 bits per heavy atom. The molecule has 6 heteroatoms. The van der Waals surface area contributed by atoms with Crippen LogP contribution in [0.2, 0.25) is 0 Å². The second kappa shape index (κ2) is 5.88. The topological polar surface area (TPSA) is 46.2 Å². The van der Waals surface area contributed by atoms with Crippen molar-refractivity contribution in [1.29, 1.82) is 0 Å². The number of hydrogen-bond acceptors (Lipinski definition) is 3. The van der Waals surface area contributed by atoms with Gasteiger partial charge in [0.2, 0.25) is 10.0 Å². The SMILES string of the molecule is O=S(=O)(NSc1ccccc1Br)c1ccccc1. The van der Waals surface area contributed by atoms with Crippen LogP contribution in [0.25, 0.3) is 0 Å². The predicted octanol–water partition coefficient (Wildman–Crippen LogP) is 3.43. The standard InChI is InChI=1S/C12H10BrNO2S2/c13-11-8-4-5-9-12(11)17-14-18(15,16)10-6-2-1-3-7-10/h1-9,14H. The van der Waals surface area contributed by atoms with E-state index in [1.54, 1.807) is 30.3 Å². The zero-order valence-electron chi connectivity index (χ0n) is 9.21. The van der Waals surface area contributed by atoms with Crippen molar-refractivity contribution < 1.29 is 8.42 Å². The van der Waals surface area contributed by atoms with E-state index in [9.17, 15) is 8.42 Å². The first-order chi connectivity index (χ1) is 8.59. The molecule has 18 heavy (non-hydrogen) atoms. The molecule has 94 valence electrons. The van der Waals surface area contributed by atoms with Gasteiger partial charge >= 0.3 is 0 Å². The number of sulfonamides is 1. The van der Waals surface area contributed by atoms with Gasteiger partial charge in [-0.1, -0.05) is 30.3 Å². The van der Waals surface area contributed by atoms with Gasteiger partial charge in [-0.15, -0.1) is 4.13 Å². The molecule has 1 N–H and O–H groups in total. The fraction of sp³-hybridized carbons (Fsp3) is 0. The molecule has 2 aromatic carbocycles. The molecule has 0 spiro atoms. The average Bonchev–Trinajstić information content (AvgIpc) is 2.39. The molecule has 2 aromatic rings. The number of halogens is 1. The Labute approximate surface area is 119 Å². The fourth-order valence-electron chi connectivity index (χ4n) is 1.28. The highest BCUT2D eigenvalue weighted by Gasteiger charge is 2.13. The first kappa shape index (κ1) is 13.6. The molecule has 0 aliphatic heterocycles. The summed E-state index contributed by atoms with van der Waals surface area (Å²) in [6, 6.07) is 15.7. The van der Waals surface area contributed by atoms with Crippen molar-refractivity contribution in [3.63, 3.8) is 0 Å². The molecular weight excluding hydrogens is 334 g/mol. The molecule has 2 rings (SSSR count). The van der Waals surface area contributed by atoms with Crippen molar-refractivity contribution in [3.8, 4) is 0 Å². The predicted molar refractivity (Wildman–Crippen MR) is 76.8 cm³/mol. The number of nitrogens with one attached hydrogen (secondary N) is 1. The van der Waals surface area contributed by atoms with Crippen LogP contribution in [0.1, 0.15) is 0 Å². The van der Waals surface area contributed by atoms with E-state index in [0.29, 0.717) is 0 Å². The molecule has 0 saturated heterocycles. The monoisotopic (exact) mass is 343 g/mol. The van der Waals surface area contributed by atoms with Gasteiger partial charge in [0, 0.05) is 9.37 Å². The summed E-state index contributed by atoms with van der Waals surface area (Å²) in [7, 11) is -3.48. The zero-order chi connectivity index (χ0) is 13.0. The molecule has 0 aliphatic carbocycles. The minimum atomic E-state index is -3.48. The number of benzene rings is 2. The Kier molecular flexibility index (Phi) is 4.45. The molecule has 0 unspecified atom stereocenters. The van der Waals surface area contributed by atoms with Gasteiger partial charge < -0.3 is 0 Å². The van der Waals surface area contributed by atoms with Crippen LogP contribution in [0.4, 0.5) is 0 Å². The molecule has 3 nitrogen and oxygen atoms in total. The second-order valence-corrected chi connectivity index (χ2v) is 7.08. The van der Waals surface area contributed by atoms with E-state index < -0.39 is 10.0 Å². The van der Waals surface area contributed by atoms with Gasteiger partial charge in [0.25, 0.3) is 0 Å². The lowest BCUT2D eigenvalue weighted by Gasteiger charge is -2.06. The van der Waals surface area contributed by atoms with Gasteiger partial charge in [-0.05, 0) is 52.1 Å². The van der Waals surface area contributed by atoms with Crippen molar-refractivity contribution in [2.24, 2.45) is 0 Å². The molecule has 0 aliphatic rings. The fourth-order valence-corrected chi connectivity index (χ4v) is 3.81. The summed E-state index contributed by atoms with van der Waals surface area (Å²) in [4.78, 5) is 1.07. The number of rotatable bonds is 4. The van der Waals surface area contributed by atoms with Crippen LogP contribution in [-0.2, 0) is 10.0 Å². The van der Waals surface area contributed by atoms with Gasteiger partial charge in [0.15, 0.2) is 0 Å². The van der Waals surface area contributed by atoms with Crippen molar-refractivity contribution in [2.45, 2.75) is 9.79 Å². The molecule has 0 atom stereocenters. The Balaban J connectivity index is 2.14. The Morgan fingerprint density at radius 3 is 2.22 bits per heavy atom. The summed E-state index contributed by atoms with van der Waals surface area (Å²) in [6.45, 7) is 0. The lowest BCUT2D eigenvalue weighted by molar-refractivity contribution is 0.594. The lowest BCUT2D eigenvalue weighted by Crippen LogP contribution is -2.16. The van der Waals surface area contributed by atoms with Crippen LogP contribution in [0.3, 0.4) is 0 Å². The normalized spacial score (nSPS) is 11.4. The highest BCUT2D eigenvalue weighted by Crippen LogP contribution is 2.26. The lowest BCUT2D eigenvalue weighted by atomic mass is 10.4. The Morgan fingerprint density at radius 1 is 0.944 bits per heavy atom. The first-order valence-corrected chi connectivity index (χ1v) is 8.17. The smallest absolute Gasteiger partial charge is 0.206 e. The zero-order valence-corrected chi connectivity index (χ0v) is 12.4. The van der Waals surface area contributed by atoms with E-state index in [4.69, 9.17) is 0 Å². The summed E-state index contributed by atoms with van der Waals surface area (Å²) in [6.07, 6.45) is 0. The van der Waals surface area contributed by atoms with E-state index in [0.717, 1.165) is 21.3 Å². The molecule has 0 bridgehead atoms. The quantitative estimate of drug-likeness (QED) is 0.865. The summed E-state index contributed by atoms with van der Waals surface area (Å²) in [5, 5.41) is 0. The molecular formula is C12H10BrNO2S2. The van der Waals surface area contributed by atoms with E-state index in [2.05, 4.69) is 20.1 Å². The molecule has 0 fully saturated rings. The molecule has 0 aromatic heterocycles. The Bertz CT molecular complexity index is 630. The van der Waals surface area contributed by atoms with Gasteiger partial charge in [0.1, 0.15) is 0 Å². The first-order valence-electron chi connectivity index (χ1n) is 5.08. The van der Waals surface area contributed by atoms with Crippen LogP contribution in [0.5, 0.6) is 0 Å². The highest BCUT2D eigenvalue weighted by atomic mass is 79.9. The number of hydrogen-bond donors (Lipinski definition) is 1. The van der Waals surface area contributed by atoms with Gasteiger partial charge in [-0.25, -0.2) is 8.42 Å². The maximum absolute atomic E-state index is 12.0. The summed E-state index contributed by atoms with van der Waals surface area (Å²) < 4.78 is 27.3. The van der Waals surface area contributed by atoms with Crippen LogP contribution < -0.4 is 4.13 Å². The van der Waals surface area contributed by atoms with Crippen molar-refractivity contribution in [1.82, 2.24) is 4.13 Å². The maximum atomic E-state index is 12.0. The van der Waals surface area contributed by atoms with Crippen molar-refractivity contribution in [3.05, 3.63) is 59.1 Å². The van der Waals surface area contributed by atoms with Crippen LogP contribution in [0.15, 0.2) is 68.9 Å². The summed E-state index contributed by atoms with van der Waals surface area (Å²) in [5.74, 6) is 0. The molecule has 0 amide bonds. The van der Waals surface area contributed by atoms with Gasteiger partial charge in [0.05, 0.1) is 4.90 Å². The molecule has 0 radical (unpaired) electrons. The maximum Gasteiger partial charge on any atom is 0.250 e. The van der Waals surface area contributed by atoms with Crippen LogP contribution >= 0.6 is 27.9 Å². The van der Waals surface area contributed by atoms with E-state index in [-0.39, 0.29) is 4.90 Å². The minimum absolute atomic E-state index is 0.254. The van der Waals surface area contributed by atoms with Crippen LogP contribution in [0, 0.1) is 0 Å². The third-order valence-corrected chi connectivity index (χ3v) is 5.79. The largest absolute Gasteiger partial charge is 0.250 e. The van der Waals surface area contributed by atoms with Gasteiger partial charge in [-0.2, -0.15) is 0 Å². The third kappa shape index (κ3) is 3.35. The summed E-state index contributed by atoms with van der Waals surface area (Å²) >= 11 is 4.43. The minimum Gasteiger partial charge on any atom is -0.206 e. The van der Waals surface area contributed by atoms with Crippen molar-refractivity contribution in [2.75, 3.05) is 0 Å². The molecule has 0 heterocycles. The highest BCUT2D eigenvalue weighted by molar-refractivity contribution is 9.10. The molecule has 0 saturated carbocycles. The van der Waals surface area contributed by atoms with Crippen molar-refractivity contribution >= 4 is 37.9 Å².